The highest BCUT2D eigenvalue weighted by Crippen LogP contribution is 2.21. The maximum Gasteiger partial charge on any atom is 0.331 e. The van der Waals surface area contributed by atoms with Crippen LogP contribution in [0.5, 0.6) is 0 Å². The number of carbonyl (C=O) groups is 2. The number of likely N-dealkylation sites (N-methyl/N-ethyl adjacent to an activating group) is 1. The van der Waals surface area contributed by atoms with Crippen molar-refractivity contribution in [2.75, 3.05) is 32.6 Å². The summed E-state index contributed by atoms with van der Waals surface area (Å²) in [5.74, 6) is -1.33. The van der Waals surface area contributed by atoms with Gasteiger partial charge in [-0.05, 0) is 66.6 Å². The van der Waals surface area contributed by atoms with Crippen LogP contribution < -0.4 is 0 Å². The van der Waals surface area contributed by atoms with E-state index in [1.165, 1.54) is 23.7 Å². The van der Waals surface area contributed by atoms with Crippen LogP contribution in [0, 0.1) is 5.92 Å². The molecular weight excluding hydrogens is 572 g/mol. The molecule has 0 unspecified atom stereocenters. The standard InChI is InChI=1S/C32H46N2O6S2/c1-23(15-16-34(5)6)11-12-25(3)18-29-20-30-33-28(21-41-30)14-13-27(22-42(7,37)38)19-32(36)39-26(4)17-24(2)9-8-10-31(35)40-29/h8-12,15,18,21,26-27,29H,13-14,16-17,19-20,22H2,1-7H3/b10-8-,12-11+,23-15+,24-9+,25-18+/t26-,27+,29+/m0/s1. The Morgan fingerprint density at radius 3 is 2.52 bits per heavy atom. The fourth-order valence-corrected chi connectivity index (χ4v) is 6.46. The van der Waals surface area contributed by atoms with Crippen molar-refractivity contribution in [3.8, 4) is 0 Å². The molecule has 0 aromatic carbocycles. The molecule has 1 aliphatic rings. The van der Waals surface area contributed by atoms with Crippen LogP contribution in [0.1, 0.15) is 57.7 Å². The largest absolute Gasteiger partial charge is 0.462 e. The maximum absolute atomic E-state index is 12.7. The van der Waals surface area contributed by atoms with Crippen molar-refractivity contribution in [1.82, 2.24) is 9.88 Å². The smallest absolute Gasteiger partial charge is 0.331 e. The SMILES string of the molecule is CC(/C=C/C(C)=C/[C@@H]1Cc2nc(cs2)CC[C@@H](CS(C)(=O)=O)CC(=O)O[C@@H](C)C/C(C)=C/C=C\C(=O)O1)=C\CN(C)C. The van der Waals surface area contributed by atoms with Gasteiger partial charge in [-0.2, -0.15) is 0 Å². The minimum Gasteiger partial charge on any atom is -0.462 e. The van der Waals surface area contributed by atoms with Crippen molar-refractivity contribution in [3.63, 3.8) is 0 Å². The van der Waals surface area contributed by atoms with Crippen LogP contribution in [0.3, 0.4) is 0 Å². The van der Waals surface area contributed by atoms with Gasteiger partial charge in [0.2, 0.25) is 0 Å². The number of esters is 2. The first kappa shape index (κ1) is 35.4. The number of hydrogen-bond donors (Lipinski definition) is 0. The molecule has 10 heteroatoms. The molecule has 232 valence electrons. The second-order valence-corrected chi connectivity index (χ2v) is 14.6. The van der Waals surface area contributed by atoms with Crippen molar-refractivity contribution in [3.05, 3.63) is 75.3 Å². The van der Waals surface area contributed by atoms with Crippen molar-refractivity contribution >= 4 is 33.1 Å². The highest BCUT2D eigenvalue weighted by atomic mass is 32.2. The van der Waals surface area contributed by atoms with Gasteiger partial charge < -0.3 is 14.4 Å². The first-order valence-electron chi connectivity index (χ1n) is 14.2. The molecule has 0 amide bonds. The van der Waals surface area contributed by atoms with Crippen LogP contribution >= 0.6 is 11.3 Å². The van der Waals surface area contributed by atoms with E-state index in [-0.39, 0.29) is 24.2 Å². The molecule has 2 rings (SSSR count). The molecular formula is C32H46N2O6S2. The quantitative estimate of drug-likeness (QED) is 0.295. The minimum atomic E-state index is -3.28. The van der Waals surface area contributed by atoms with Gasteiger partial charge in [0.1, 0.15) is 22.0 Å². The normalized spacial score (nSPS) is 24.8. The summed E-state index contributed by atoms with van der Waals surface area (Å²) in [5, 5.41) is 2.75. The second-order valence-electron chi connectivity index (χ2n) is 11.4. The molecule has 1 aliphatic heterocycles. The van der Waals surface area contributed by atoms with Crippen LogP contribution in [-0.4, -0.2) is 75.1 Å². The first-order valence-corrected chi connectivity index (χ1v) is 17.2. The van der Waals surface area contributed by atoms with E-state index >= 15 is 0 Å². The van der Waals surface area contributed by atoms with Gasteiger partial charge in [0.05, 0.1) is 16.5 Å². The molecule has 2 bridgehead atoms. The van der Waals surface area contributed by atoms with Gasteiger partial charge in [0.25, 0.3) is 0 Å². The van der Waals surface area contributed by atoms with E-state index in [4.69, 9.17) is 14.5 Å². The number of sulfone groups is 1. The van der Waals surface area contributed by atoms with Crippen LogP contribution in [-0.2, 0) is 41.7 Å². The van der Waals surface area contributed by atoms with E-state index in [9.17, 15) is 18.0 Å². The summed E-state index contributed by atoms with van der Waals surface area (Å²) in [7, 11) is 0.764. The number of thiazole rings is 1. The van der Waals surface area contributed by atoms with Gasteiger partial charge in [-0.3, -0.25) is 4.79 Å². The van der Waals surface area contributed by atoms with Crippen molar-refractivity contribution in [1.29, 1.82) is 0 Å². The lowest BCUT2D eigenvalue weighted by atomic mass is 10.0. The molecule has 2 heterocycles. The molecule has 1 aromatic heterocycles. The van der Waals surface area contributed by atoms with Gasteiger partial charge in [0, 0.05) is 43.5 Å². The van der Waals surface area contributed by atoms with Crippen molar-refractivity contribution < 1.29 is 27.5 Å². The minimum absolute atomic E-state index is 0.0306. The zero-order valence-corrected chi connectivity index (χ0v) is 27.6. The summed E-state index contributed by atoms with van der Waals surface area (Å²) >= 11 is 1.47. The van der Waals surface area contributed by atoms with E-state index in [2.05, 4.69) is 11.0 Å². The molecule has 8 nitrogen and oxygen atoms in total. The molecule has 0 saturated heterocycles. The van der Waals surface area contributed by atoms with E-state index in [0.29, 0.717) is 25.7 Å². The summed E-state index contributed by atoms with van der Waals surface area (Å²) in [5.41, 5.74) is 3.84. The molecule has 0 aliphatic carbocycles. The van der Waals surface area contributed by atoms with Gasteiger partial charge >= 0.3 is 11.9 Å². The number of aryl methyl sites for hydroxylation is 1. The maximum atomic E-state index is 12.7. The number of rotatable bonds is 7. The van der Waals surface area contributed by atoms with E-state index in [0.717, 1.165) is 34.0 Å². The number of carbonyl (C=O) groups excluding carboxylic acids is 2. The molecule has 0 spiro atoms. The number of ether oxygens (including phenoxy) is 2. The fraction of sp³-hybridized carbons (Fsp3) is 0.531. The lowest BCUT2D eigenvalue weighted by molar-refractivity contribution is -0.149. The zero-order valence-electron chi connectivity index (χ0n) is 26.0. The fourth-order valence-electron chi connectivity index (χ4n) is 4.45. The number of aromatic nitrogens is 1. The van der Waals surface area contributed by atoms with E-state index in [1.807, 2.05) is 58.5 Å². The summed E-state index contributed by atoms with van der Waals surface area (Å²) in [6.07, 6.45) is 15.2. The van der Waals surface area contributed by atoms with Gasteiger partial charge in [-0.25, -0.2) is 18.2 Å². The molecule has 0 N–H and O–H groups in total. The first-order chi connectivity index (χ1) is 19.7. The van der Waals surface area contributed by atoms with Crippen LogP contribution in [0.15, 0.2) is 64.6 Å². The molecule has 3 atom stereocenters. The van der Waals surface area contributed by atoms with Gasteiger partial charge in [-0.1, -0.05) is 47.1 Å². The predicted octanol–water partition coefficient (Wildman–Crippen LogP) is 5.43. The van der Waals surface area contributed by atoms with Gasteiger partial charge in [-0.15, -0.1) is 11.3 Å². The van der Waals surface area contributed by atoms with E-state index < -0.39 is 27.9 Å². The second kappa shape index (κ2) is 17.3. The molecule has 0 fully saturated rings. The molecule has 42 heavy (non-hydrogen) atoms. The number of fused-ring (bicyclic) bond motifs is 2. The zero-order chi connectivity index (χ0) is 31.3. The highest BCUT2D eigenvalue weighted by Gasteiger charge is 2.22. The van der Waals surface area contributed by atoms with Crippen LogP contribution in [0.2, 0.25) is 0 Å². The summed E-state index contributed by atoms with van der Waals surface area (Å²) < 4.78 is 35.5. The van der Waals surface area contributed by atoms with Crippen LogP contribution in [0.25, 0.3) is 0 Å². The molecule has 0 saturated carbocycles. The Labute approximate surface area is 255 Å². The Morgan fingerprint density at radius 1 is 1.12 bits per heavy atom. The Hall–Kier alpha value is -2.82. The third-order valence-corrected chi connectivity index (χ3v) is 8.43. The number of allylic oxidation sites excluding steroid dienone is 6. The topological polar surface area (TPSA) is 103 Å². The van der Waals surface area contributed by atoms with E-state index in [1.54, 1.807) is 19.1 Å². The average Bonchev–Trinajstić information content (AvgIpc) is 3.30. The lowest BCUT2D eigenvalue weighted by Crippen LogP contribution is -2.23. The summed E-state index contributed by atoms with van der Waals surface area (Å²) in [6, 6.07) is 0. The van der Waals surface area contributed by atoms with Crippen LogP contribution in [0.4, 0.5) is 0 Å². The van der Waals surface area contributed by atoms with Crippen molar-refractivity contribution in [2.24, 2.45) is 5.92 Å². The third-order valence-electron chi connectivity index (χ3n) is 6.44. The Balaban J connectivity index is 2.33. The third kappa shape index (κ3) is 15.4. The molecule has 1 aromatic rings. The Kier molecular flexibility index (Phi) is 14.6. The monoisotopic (exact) mass is 618 g/mol. The number of nitrogens with zero attached hydrogens (tertiary/aromatic N) is 2. The average molecular weight is 619 g/mol. The summed E-state index contributed by atoms with van der Waals surface area (Å²) in [6.45, 7) is 8.56. The van der Waals surface area contributed by atoms with Crippen molar-refractivity contribution in [2.45, 2.75) is 72.0 Å². The number of cyclic esters (lactones) is 2. The number of hydrogen-bond acceptors (Lipinski definition) is 9. The lowest BCUT2D eigenvalue weighted by Gasteiger charge is -2.18. The highest BCUT2D eigenvalue weighted by molar-refractivity contribution is 7.90. The Bertz CT molecular complexity index is 1320. The van der Waals surface area contributed by atoms with Gasteiger partial charge in [0.15, 0.2) is 0 Å². The Morgan fingerprint density at radius 2 is 1.83 bits per heavy atom. The predicted molar refractivity (Wildman–Crippen MR) is 170 cm³/mol. The summed E-state index contributed by atoms with van der Waals surface area (Å²) in [4.78, 5) is 32.2. The molecule has 0 radical (unpaired) electrons.